The molecule has 2 rings (SSSR count). The Balaban J connectivity index is 0.000000453. The Bertz CT molecular complexity index is 186. The van der Waals surface area contributed by atoms with E-state index in [1.54, 1.807) is 0 Å². The zero-order chi connectivity index (χ0) is 11.8. The van der Waals surface area contributed by atoms with Gasteiger partial charge in [-0.1, -0.05) is 12.8 Å². The van der Waals surface area contributed by atoms with Crippen LogP contribution in [0.4, 0.5) is 4.79 Å². The highest BCUT2D eigenvalue weighted by atomic mass is 35.5. The van der Waals surface area contributed by atoms with E-state index in [9.17, 15) is 0 Å². The van der Waals surface area contributed by atoms with Crippen LogP contribution in [0.1, 0.15) is 38.5 Å². The maximum atomic E-state index is 8.77. The Labute approximate surface area is 114 Å². The maximum absolute atomic E-state index is 8.77. The van der Waals surface area contributed by atoms with Crippen LogP contribution in [0.25, 0.3) is 0 Å². The highest BCUT2D eigenvalue weighted by molar-refractivity contribution is 6.60. The van der Waals surface area contributed by atoms with Crippen molar-refractivity contribution in [1.82, 2.24) is 10.0 Å². The number of hydrogen-bond donors (Lipinski definition) is 1. The molecule has 2 heterocycles. The number of carboxylic acid groups (broad SMARTS) is 1. The standard InChI is InChI=1S/C10H20N2.CHClO2.ClH/c1-3-7-11(8-4-1)12-9-5-2-6-10-12;2-1(3)4;/h1-10H2;(H,3,4);1H. The minimum absolute atomic E-state index is 0. The van der Waals surface area contributed by atoms with Crippen molar-refractivity contribution in [1.29, 1.82) is 0 Å². The Morgan fingerprint density at radius 3 is 1.29 bits per heavy atom. The van der Waals surface area contributed by atoms with Crippen LogP contribution in [0.3, 0.4) is 0 Å². The SMILES string of the molecule is C1CCN(N2CCCCC2)CC1.Cl.O=C(O)Cl. The van der Waals surface area contributed by atoms with E-state index in [-0.39, 0.29) is 12.4 Å². The summed E-state index contributed by atoms with van der Waals surface area (Å²) in [7, 11) is 0. The van der Waals surface area contributed by atoms with Crippen molar-refractivity contribution in [2.75, 3.05) is 26.2 Å². The average molecular weight is 285 g/mol. The van der Waals surface area contributed by atoms with Crippen LogP contribution in [0, 0.1) is 0 Å². The molecule has 0 bridgehead atoms. The summed E-state index contributed by atoms with van der Waals surface area (Å²) in [6, 6.07) is 0. The zero-order valence-corrected chi connectivity index (χ0v) is 11.7. The van der Waals surface area contributed by atoms with Crippen LogP contribution in [0.5, 0.6) is 0 Å². The molecule has 6 heteroatoms. The predicted molar refractivity (Wildman–Crippen MR) is 72.0 cm³/mol. The molecule has 1 N–H and O–H groups in total. The van der Waals surface area contributed by atoms with Gasteiger partial charge in [0.2, 0.25) is 0 Å². The minimum atomic E-state index is -1.36. The molecular formula is C11H22Cl2N2O2. The van der Waals surface area contributed by atoms with Crippen LogP contribution in [0.15, 0.2) is 0 Å². The molecule has 0 aromatic rings. The van der Waals surface area contributed by atoms with Gasteiger partial charge in [0.1, 0.15) is 0 Å². The third kappa shape index (κ3) is 7.82. The van der Waals surface area contributed by atoms with E-state index in [1.165, 1.54) is 64.7 Å². The fourth-order valence-corrected chi connectivity index (χ4v) is 2.32. The number of rotatable bonds is 1. The largest absolute Gasteiger partial charge is 0.469 e. The molecule has 0 aromatic heterocycles. The Morgan fingerprint density at radius 1 is 0.824 bits per heavy atom. The van der Waals surface area contributed by atoms with E-state index in [1.807, 2.05) is 0 Å². The number of hydrazine groups is 1. The van der Waals surface area contributed by atoms with E-state index >= 15 is 0 Å². The smallest absolute Gasteiger partial charge is 0.401 e. The Hall–Kier alpha value is -0.0300. The lowest BCUT2D eigenvalue weighted by Crippen LogP contribution is -2.47. The summed E-state index contributed by atoms with van der Waals surface area (Å²) in [5, 5.41) is 12.4. The fraction of sp³-hybridized carbons (Fsp3) is 0.909. The van der Waals surface area contributed by atoms with Gasteiger partial charge in [-0.3, -0.25) is 0 Å². The quantitative estimate of drug-likeness (QED) is 0.751. The van der Waals surface area contributed by atoms with Crippen molar-refractivity contribution in [3.05, 3.63) is 0 Å². The summed E-state index contributed by atoms with van der Waals surface area (Å²) in [4.78, 5) is 8.77. The Kier molecular flexibility index (Phi) is 9.93. The van der Waals surface area contributed by atoms with Crippen LogP contribution in [-0.4, -0.2) is 46.7 Å². The molecule has 2 fully saturated rings. The van der Waals surface area contributed by atoms with E-state index in [0.717, 1.165) is 0 Å². The van der Waals surface area contributed by atoms with Gasteiger partial charge in [0.15, 0.2) is 0 Å². The maximum Gasteiger partial charge on any atom is 0.401 e. The Morgan fingerprint density at radius 2 is 1.06 bits per heavy atom. The molecule has 0 saturated carbocycles. The van der Waals surface area contributed by atoms with Crippen LogP contribution >= 0.6 is 24.0 Å². The van der Waals surface area contributed by atoms with E-state index < -0.39 is 5.43 Å². The number of nitrogens with zero attached hydrogens (tertiary/aromatic N) is 2. The number of piperidine rings is 2. The summed E-state index contributed by atoms with van der Waals surface area (Å²) < 4.78 is 0. The molecule has 0 spiro atoms. The van der Waals surface area contributed by atoms with Crippen LogP contribution in [-0.2, 0) is 0 Å². The second-order valence-electron chi connectivity index (χ2n) is 4.28. The minimum Gasteiger partial charge on any atom is -0.469 e. The molecule has 0 amide bonds. The third-order valence-corrected chi connectivity index (χ3v) is 3.06. The molecule has 2 saturated heterocycles. The van der Waals surface area contributed by atoms with Crippen molar-refractivity contribution in [2.45, 2.75) is 38.5 Å². The molecule has 0 radical (unpaired) electrons. The lowest BCUT2D eigenvalue weighted by Gasteiger charge is -2.39. The number of carbonyl (C=O) groups is 1. The number of hydrogen-bond acceptors (Lipinski definition) is 3. The lowest BCUT2D eigenvalue weighted by molar-refractivity contribution is -0.0518. The van der Waals surface area contributed by atoms with E-state index in [0.29, 0.717) is 0 Å². The monoisotopic (exact) mass is 284 g/mol. The molecule has 2 aliphatic heterocycles. The molecule has 17 heavy (non-hydrogen) atoms. The second-order valence-corrected chi connectivity index (χ2v) is 4.60. The van der Waals surface area contributed by atoms with Crippen molar-refractivity contribution < 1.29 is 9.90 Å². The predicted octanol–water partition coefficient (Wildman–Crippen LogP) is 3.20. The van der Waals surface area contributed by atoms with Gasteiger partial charge in [0.25, 0.3) is 0 Å². The first-order chi connectivity index (χ1) is 7.70. The summed E-state index contributed by atoms with van der Waals surface area (Å²) in [6.07, 6.45) is 8.55. The fourth-order valence-electron chi connectivity index (χ4n) is 2.32. The molecule has 0 unspecified atom stereocenters. The van der Waals surface area contributed by atoms with Gasteiger partial charge < -0.3 is 5.11 Å². The molecule has 102 valence electrons. The first-order valence-electron chi connectivity index (χ1n) is 6.08. The normalized spacial score (nSPS) is 21.9. The molecule has 0 aliphatic carbocycles. The van der Waals surface area contributed by atoms with Crippen LogP contribution in [0.2, 0.25) is 0 Å². The molecule has 2 aliphatic rings. The van der Waals surface area contributed by atoms with Crippen molar-refractivity contribution in [3.63, 3.8) is 0 Å². The first-order valence-corrected chi connectivity index (χ1v) is 6.46. The van der Waals surface area contributed by atoms with Crippen molar-refractivity contribution in [2.24, 2.45) is 0 Å². The first kappa shape index (κ1) is 17.0. The van der Waals surface area contributed by atoms with Gasteiger partial charge >= 0.3 is 5.43 Å². The van der Waals surface area contributed by atoms with Crippen molar-refractivity contribution in [3.8, 4) is 0 Å². The van der Waals surface area contributed by atoms with E-state index in [2.05, 4.69) is 21.6 Å². The summed E-state index contributed by atoms with van der Waals surface area (Å²) in [6.45, 7) is 5.28. The van der Waals surface area contributed by atoms with Gasteiger partial charge in [-0.05, 0) is 25.7 Å². The molecule has 4 nitrogen and oxygen atoms in total. The topological polar surface area (TPSA) is 43.8 Å². The van der Waals surface area contributed by atoms with Gasteiger partial charge in [-0.2, -0.15) is 0 Å². The van der Waals surface area contributed by atoms with Crippen molar-refractivity contribution >= 4 is 29.4 Å². The highest BCUT2D eigenvalue weighted by Gasteiger charge is 2.19. The molecule has 0 aromatic carbocycles. The molecular weight excluding hydrogens is 263 g/mol. The second kappa shape index (κ2) is 9.95. The van der Waals surface area contributed by atoms with Gasteiger partial charge in [-0.15, -0.1) is 12.4 Å². The van der Waals surface area contributed by atoms with Crippen LogP contribution < -0.4 is 0 Å². The molecule has 0 atom stereocenters. The zero-order valence-electron chi connectivity index (χ0n) is 10.1. The average Bonchev–Trinajstić information content (AvgIpc) is 2.31. The highest BCUT2D eigenvalue weighted by Crippen LogP contribution is 2.16. The van der Waals surface area contributed by atoms with Gasteiger partial charge in [0, 0.05) is 37.8 Å². The lowest BCUT2D eigenvalue weighted by atomic mass is 10.1. The van der Waals surface area contributed by atoms with Gasteiger partial charge in [-0.25, -0.2) is 14.8 Å². The number of halogens is 2. The third-order valence-electron chi connectivity index (χ3n) is 3.06. The van der Waals surface area contributed by atoms with E-state index in [4.69, 9.17) is 9.90 Å². The van der Waals surface area contributed by atoms with Gasteiger partial charge in [0.05, 0.1) is 0 Å². The summed E-state index contributed by atoms with van der Waals surface area (Å²) >= 11 is 4.19. The summed E-state index contributed by atoms with van der Waals surface area (Å²) in [5.41, 5.74) is -1.36. The summed E-state index contributed by atoms with van der Waals surface area (Å²) in [5.74, 6) is 0.